The minimum absolute atomic E-state index is 0.0821. The van der Waals surface area contributed by atoms with Crippen molar-refractivity contribution in [2.24, 2.45) is 0 Å². The zero-order valence-electron chi connectivity index (χ0n) is 12.8. The van der Waals surface area contributed by atoms with Gasteiger partial charge in [-0.1, -0.05) is 36.4 Å². The summed E-state index contributed by atoms with van der Waals surface area (Å²) in [7, 11) is 0. The number of hydrogen-bond acceptors (Lipinski definition) is 5. The molecule has 1 aliphatic rings. The number of phenolic OH excluding ortho intramolecular Hbond substituents is 1. The highest BCUT2D eigenvalue weighted by Crippen LogP contribution is 2.33. The fraction of sp³-hybridized carbons (Fsp3) is 0.0556. The number of Topliss-reactive ketones (excluding diaryl/α,β-unsaturated/α-hetero) is 1. The lowest BCUT2D eigenvalue weighted by Gasteiger charge is -2.11. The Morgan fingerprint density at radius 3 is 2.56 bits per heavy atom. The number of nitrogens with zero attached hydrogens (tertiary/aromatic N) is 1. The molecule has 126 valence electrons. The predicted molar refractivity (Wildman–Crippen MR) is 99.3 cm³/mol. The fourth-order valence-corrected chi connectivity index (χ4v) is 3.49. The van der Waals surface area contributed by atoms with E-state index < -0.39 is 11.1 Å². The molecule has 2 amide bonds. The molecule has 0 saturated carbocycles. The molecule has 0 aliphatic carbocycles. The van der Waals surface area contributed by atoms with Crippen LogP contribution in [0.25, 0.3) is 6.08 Å². The van der Waals surface area contributed by atoms with Crippen molar-refractivity contribution in [2.45, 2.75) is 0 Å². The van der Waals surface area contributed by atoms with Gasteiger partial charge in [-0.25, -0.2) is 0 Å². The standard InChI is InChI=1S/C18H12BrNO4S/c19-13-8-11(6-7-14(13)21)9-16-17(23)20(18(24)25-16)10-15(22)12-4-2-1-3-5-12/h1-9,21H,10H2/b16-9+. The molecule has 0 radical (unpaired) electrons. The molecule has 5 nitrogen and oxygen atoms in total. The number of hydrogen-bond donors (Lipinski definition) is 1. The number of amides is 2. The SMILES string of the molecule is O=C(CN1C(=O)S/C(=C/c2ccc(O)c(Br)c2)C1=O)c1ccccc1. The molecule has 1 saturated heterocycles. The Labute approximate surface area is 156 Å². The molecule has 7 heteroatoms. The van der Waals surface area contributed by atoms with E-state index in [1.807, 2.05) is 0 Å². The van der Waals surface area contributed by atoms with Gasteiger partial charge >= 0.3 is 0 Å². The van der Waals surface area contributed by atoms with Crippen LogP contribution in [0, 0.1) is 0 Å². The van der Waals surface area contributed by atoms with Crippen LogP contribution in [0.15, 0.2) is 57.9 Å². The minimum Gasteiger partial charge on any atom is -0.507 e. The number of benzene rings is 2. The van der Waals surface area contributed by atoms with Gasteiger partial charge in [0.15, 0.2) is 5.78 Å². The highest BCUT2D eigenvalue weighted by molar-refractivity contribution is 9.10. The molecule has 3 rings (SSSR count). The molecule has 1 fully saturated rings. The zero-order valence-corrected chi connectivity index (χ0v) is 15.2. The molecule has 2 aromatic carbocycles. The zero-order chi connectivity index (χ0) is 18.0. The van der Waals surface area contributed by atoms with E-state index in [-0.39, 0.29) is 23.0 Å². The van der Waals surface area contributed by atoms with Crippen LogP contribution in [0.5, 0.6) is 5.75 Å². The first kappa shape index (κ1) is 17.4. The van der Waals surface area contributed by atoms with Gasteiger partial charge in [0.2, 0.25) is 0 Å². The first-order chi connectivity index (χ1) is 12.0. The Morgan fingerprint density at radius 2 is 1.88 bits per heavy atom. The number of carbonyl (C=O) groups excluding carboxylic acids is 3. The molecule has 0 bridgehead atoms. The van der Waals surface area contributed by atoms with Gasteiger partial charge in [-0.15, -0.1) is 0 Å². The highest BCUT2D eigenvalue weighted by Gasteiger charge is 2.36. The Morgan fingerprint density at radius 1 is 1.16 bits per heavy atom. The van der Waals surface area contributed by atoms with Crippen molar-refractivity contribution in [1.29, 1.82) is 0 Å². The molecule has 1 N–H and O–H groups in total. The van der Waals surface area contributed by atoms with Crippen LogP contribution in [-0.4, -0.2) is 33.5 Å². The summed E-state index contributed by atoms with van der Waals surface area (Å²) in [6, 6.07) is 13.3. The van der Waals surface area contributed by atoms with E-state index in [1.165, 1.54) is 6.07 Å². The molecular weight excluding hydrogens is 406 g/mol. The number of thioether (sulfide) groups is 1. The molecule has 0 atom stereocenters. The van der Waals surface area contributed by atoms with Crippen molar-refractivity contribution < 1.29 is 19.5 Å². The highest BCUT2D eigenvalue weighted by atomic mass is 79.9. The van der Waals surface area contributed by atoms with E-state index in [2.05, 4.69) is 15.9 Å². The first-order valence-electron chi connectivity index (χ1n) is 7.28. The van der Waals surface area contributed by atoms with E-state index in [4.69, 9.17) is 0 Å². The van der Waals surface area contributed by atoms with E-state index in [9.17, 15) is 19.5 Å². The smallest absolute Gasteiger partial charge is 0.293 e. The van der Waals surface area contributed by atoms with Crippen molar-refractivity contribution in [3.05, 3.63) is 69.0 Å². The van der Waals surface area contributed by atoms with Crippen molar-refractivity contribution in [1.82, 2.24) is 4.90 Å². The van der Waals surface area contributed by atoms with Gasteiger partial charge in [-0.2, -0.15) is 0 Å². The van der Waals surface area contributed by atoms with Crippen LogP contribution in [0.4, 0.5) is 4.79 Å². The summed E-state index contributed by atoms with van der Waals surface area (Å²) in [5.41, 5.74) is 1.11. The number of imide groups is 1. The lowest BCUT2D eigenvalue weighted by molar-refractivity contribution is -0.122. The maximum absolute atomic E-state index is 12.4. The third-order valence-corrected chi connectivity index (χ3v) is 5.08. The van der Waals surface area contributed by atoms with E-state index in [0.29, 0.717) is 15.6 Å². The quantitative estimate of drug-likeness (QED) is 0.599. The molecule has 0 aromatic heterocycles. The lowest BCUT2D eigenvalue weighted by Crippen LogP contribution is -2.33. The van der Waals surface area contributed by atoms with Crippen LogP contribution < -0.4 is 0 Å². The lowest BCUT2D eigenvalue weighted by atomic mass is 10.1. The second-order valence-corrected chi connectivity index (χ2v) is 7.12. The number of ketones is 1. The van der Waals surface area contributed by atoms with Crippen molar-refractivity contribution in [2.75, 3.05) is 6.54 Å². The second-order valence-electron chi connectivity index (χ2n) is 5.27. The van der Waals surface area contributed by atoms with Crippen LogP contribution >= 0.6 is 27.7 Å². The van der Waals surface area contributed by atoms with Gasteiger partial charge in [-0.05, 0) is 51.5 Å². The van der Waals surface area contributed by atoms with Crippen LogP contribution in [0.2, 0.25) is 0 Å². The van der Waals surface area contributed by atoms with Gasteiger partial charge in [0, 0.05) is 5.56 Å². The van der Waals surface area contributed by atoms with Crippen molar-refractivity contribution in [3.63, 3.8) is 0 Å². The predicted octanol–water partition coefficient (Wildman–Crippen LogP) is 4.07. The number of phenols is 1. The molecule has 2 aromatic rings. The topological polar surface area (TPSA) is 74.7 Å². The van der Waals surface area contributed by atoms with Gasteiger partial charge in [0.25, 0.3) is 11.1 Å². The Bertz CT molecular complexity index is 895. The maximum atomic E-state index is 12.4. The van der Waals surface area contributed by atoms with Crippen LogP contribution in [0.1, 0.15) is 15.9 Å². The first-order valence-corrected chi connectivity index (χ1v) is 8.89. The molecule has 1 heterocycles. The summed E-state index contributed by atoms with van der Waals surface area (Å²) in [4.78, 5) is 38.0. The summed E-state index contributed by atoms with van der Waals surface area (Å²) in [6.07, 6.45) is 1.56. The number of carbonyl (C=O) groups is 3. The molecular formula is C18H12BrNO4S. The monoisotopic (exact) mass is 417 g/mol. The summed E-state index contributed by atoms with van der Waals surface area (Å²) in [5.74, 6) is -0.710. The van der Waals surface area contributed by atoms with E-state index >= 15 is 0 Å². The van der Waals surface area contributed by atoms with Gasteiger partial charge in [0.1, 0.15) is 5.75 Å². The van der Waals surface area contributed by atoms with Crippen molar-refractivity contribution in [3.8, 4) is 5.75 Å². The third-order valence-electron chi connectivity index (χ3n) is 3.54. The summed E-state index contributed by atoms with van der Waals surface area (Å²) in [5, 5.41) is 9.03. The largest absolute Gasteiger partial charge is 0.507 e. The third kappa shape index (κ3) is 3.83. The molecule has 0 unspecified atom stereocenters. The normalized spacial score (nSPS) is 15.9. The maximum Gasteiger partial charge on any atom is 0.293 e. The summed E-state index contributed by atoms with van der Waals surface area (Å²) < 4.78 is 0.486. The van der Waals surface area contributed by atoms with Crippen LogP contribution in [-0.2, 0) is 4.79 Å². The van der Waals surface area contributed by atoms with E-state index in [0.717, 1.165) is 16.7 Å². The molecule has 1 aliphatic heterocycles. The van der Waals surface area contributed by atoms with Gasteiger partial charge in [0.05, 0.1) is 15.9 Å². The van der Waals surface area contributed by atoms with Gasteiger partial charge < -0.3 is 5.11 Å². The number of halogens is 1. The molecule has 0 spiro atoms. The average Bonchev–Trinajstić information content (AvgIpc) is 2.86. The number of aromatic hydroxyl groups is 1. The van der Waals surface area contributed by atoms with Gasteiger partial charge in [-0.3, -0.25) is 19.3 Å². The minimum atomic E-state index is -0.497. The van der Waals surface area contributed by atoms with E-state index in [1.54, 1.807) is 48.5 Å². The Kier molecular flexibility index (Phi) is 5.06. The fourth-order valence-electron chi connectivity index (χ4n) is 2.26. The van der Waals surface area contributed by atoms with Crippen LogP contribution in [0.3, 0.4) is 0 Å². The average molecular weight is 418 g/mol. The number of rotatable bonds is 4. The summed E-state index contributed by atoms with van der Waals surface area (Å²) >= 11 is 3.99. The summed E-state index contributed by atoms with van der Waals surface area (Å²) in [6.45, 7) is -0.286. The van der Waals surface area contributed by atoms with Crippen molar-refractivity contribution >= 4 is 50.7 Å². The molecule has 25 heavy (non-hydrogen) atoms. The second kappa shape index (κ2) is 7.25. The Balaban J connectivity index is 1.79. The Hall–Kier alpha value is -2.38.